The summed E-state index contributed by atoms with van der Waals surface area (Å²) in [6.45, 7) is 1.45. The molecule has 7 heteroatoms. The Morgan fingerprint density at radius 3 is 2.69 bits per heavy atom. The van der Waals surface area contributed by atoms with Gasteiger partial charge in [0, 0.05) is 11.8 Å². The number of hydrogen-bond acceptors (Lipinski definition) is 3. The Morgan fingerprint density at radius 2 is 2.19 bits per heavy atom. The second kappa shape index (κ2) is 4.86. The first-order valence-corrected chi connectivity index (χ1v) is 5.19. The Kier molecular flexibility index (Phi) is 3.96. The number of ether oxygens (including phenoxy) is 1. The van der Waals surface area contributed by atoms with E-state index >= 15 is 0 Å². The summed E-state index contributed by atoms with van der Waals surface area (Å²) in [6, 6.07) is 1.83. The fourth-order valence-electron chi connectivity index (χ4n) is 1.09. The second-order valence-electron chi connectivity index (χ2n) is 2.89. The number of nitrogens with zero attached hydrogens (tertiary/aromatic N) is 2. The van der Waals surface area contributed by atoms with Crippen molar-refractivity contribution in [1.82, 2.24) is 4.98 Å². The van der Waals surface area contributed by atoms with Gasteiger partial charge < -0.3 is 4.74 Å². The maximum atomic E-state index is 12.1. The molecule has 0 aromatic carbocycles. The summed E-state index contributed by atoms with van der Waals surface area (Å²) in [5, 5.41) is 8.48. The lowest BCUT2D eigenvalue weighted by Gasteiger charge is -2.14. The molecule has 86 valence electrons. The van der Waals surface area contributed by atoms with Gasteiger partial charge in [-0.3, -0.25) is 4.98 Å². The van der Waals surface area contributed by atoms with Crippen molar-refractivity contribution in [1.29, 1.82) is 5.26 Å². The molecule has 0 amide bonds. The van der Waals surface area contributed by atoms with Crippen LogP contribution in [0.3, 0.4) is 0 Å². The largest absolute Gasteiger partial charge is 0.573 e. The van der Waals surface area contributed by atoms with Gasteiger partial charge in [0.05, 0.1) is 21.8 Å². The minimum Gasteiger partial charge on any atom is -0.404 e. The van der Waals surface area contributed by atoms with E-state index in [1.807, 2.05) is 6.07 Å². The maximum Gasteiger partial charge on any atom is 0.573 e. The van der Waals surface area contributed by atoms with Crippen molar-refractivity contribution in [3.63, 3.8) is 0 Å². The number of aromatic nitrogens is 1. The number of alkyl halides is 3. The van der Waals surface area contributed by atoms with Crippen LogP contribution in [-0.4, -0.2) is 11.3 Å². The Hall–Kier alpha value is -1.04. The van der Waals surface area contributed by atoms with Crippen molar-refractivity contribution in [3.8, 4) is 11.8 Å². The van der Waals surface area contributed by atoms with E-state index in [2.05, 4.69) is 9.72 Å². The van der Waals surface area contributed by atoms with Gasteiger partial charge in [0.1, 0.15) is 5.75 Å². The fourth-order valence-corrected chi connectivity index (χ4v) is 1.75. The van der Waals surface area contributed by atoms with Crippen LogP contribution in [0.5, 0.6) is 5.75 Å². The molecule has 0 atom stereocenters. The van der Waals surface area contributed by atoms with E-state index in [0.29, 0.717) is 5.69 Å². The monoisotopic (exact) mass is 342 g/mol. The van der Waals surface area contributed by atoms with Crippen LogP contribution in [0.2, 0.25) is 0 Å². The molecule has 0 bridgehead atoms. The summed E-state index contributed by atoms with van der Waals surface area (Å²) in [7, 11) is 0. The zero-order valence-corrected chi connectivity index (χ0v) is 10.3. The molecule has 1 heterocycles. The van der Waals surface area contributed by atoms with Gasteiger partial charge in [-0.05, 0) is 29.5 Å². The topological polar surface area (TPSA) is 45.9 Å². The Morgan fingerprint density at radius 1 is 1.56 bits per heavy atom. The molecule has 1 rings (SSSR count). The van der Waals surface area contributed by atoms with Crippen LogP contribution in [0.15, 0.2) is 6.20 Å². The van der Waals surface area contributed by atoms with Crippen molar-refractivity contribution in [2.75, 3.05) is 0 Å². The van der Waals surface area contributed by atoms with Gasteiger partial charge in [-0.1, -0.05) is 0 Å². The third kappa shape index (κ3) is 3.23. The lowest BCUT2D eigenvalue weighted by molar-refractivity contribution is -0.275. The lowest BCUT2D eigenvalue weighted by Crippen LogP contribution is -2.19. The van der Waals surface area contributed by atoms with Gasteiger partial charge in [-0.15, -0.1) is 13.2 Å². The summed E-state index contributed by atoms with van der Waals surface area (Å²) >= 11 is 1.70. The van der Waals surface area contributed by atoms with Crippen molar-refractivity contribution in [2.45, 2.75) is 19.7 Å². The minimum absolute atomic E-state index is 0.0447. The molecule has 0 N–H and O–H groups in total. The minimum atomic E-state index is -4.74. The van der Waals surface area contributed by atoms with Gasteiger partial charge in [-0.25, -0.2) is 0 Å². The molecule has 0 aliphatic heterocycles. The molecule has 0 unspecified atom stereocenters. The van der Waals surface area contributed by atoms with Crippen LogP contribution in [-0.2, 0) is 6.42 Å². The van der Waals surface area contributed by atoms with Gasteiger partial charge in [0.25, 0.3) is 0 Å². The van der Waals surface area contributed by atoms with E-state index in [9.17, 15) is 13.2 Å². The second-order valence-corrected chi connectivity index (χ2v) is 4.05. The third-order valence-electron chi connectivity index (χ3n) is 1.79. The molecule has 0 spiro atoms. The molecular weight excluding hydrogens is 336 g/mol. The molecule has 0 saturated carbocycles. The smallest absolute Gasteiger partial charge is 0.404 e. The summed E-state index contributed by atoms with van der Waals surface area (Å²) in [5.74, 6) is -0.284. The summed E-state index contributed by atoms with van der Waals surface area (Å²) in [6.07, 6.45) is -3.53. The highest BCUT2D eigenvalue weighted by Gasteiger charge is 2.33. The molecule has 0 fully saturated rings. The van der Waals surface area contributed by atoms with Crippen LogP contribution in [0.1, 0.15) is 11.3 Å². The van der Waals surface area contributed by atoms with Crippen molar-refractivity contribution in [2.24, 2.45) is 0 Å². The highest BCUT2D eigenvalue weighted by Crippen LogP contribution is 2.31. The highest BCUT2D eigenvalue weighted by atomic mass is 127. The van der Waals surface area contributed by atoms with E-state index in [-0.39, 0.29) is 21.3 Å². The molecule has 0 aliphatic rings. The van der Waals surface area contributed by atoms with E-state index in [1.165, 1.54) is 13.1 Å². The summed E-state index contributed by atoms with van der Waals surface area (Å²) < 4.78 is 40.5. The number of halogens is 4. The number of hydrogen-bond donors (Lipinski definition) is 0. The molecule has 0 aliphatic carbocycles. The van der Waals surface area contributed by atoms with Gasteiger partial charge in [0.2, 0.25) is 0 Å². The average molecular weight is 342 g/mol. The molecule has 3 nitrogen and oxygen atoms in total. The van der Waals surface area contributed by atoms with Gasteiger partial charge in [-0.2, -0.15) is 5.26 Å². The predicted molar refractivity (Wildman–Crippen MR) is 57.7 cm³/mol. The fraction of sp³-hybridized carbons (Fsp3) is 0.333. The zero-order chi connectivity index (χ0) is 12.3. The van der Waals surface area contributed by atoms with E-state index in [0.717, 1.165) is 0 Å². The molecule has 16 heavy (non-hydrogen) atoms. The normalized spacial score (nSPS) is 11.0. The van der Waals surface area contributed by atoms with Gasteiger partial charge in [0.15, 0.2) is 0 Å². The van der Waals surface area contributed by atoms with E-state index in [1.54, 1.807) is 22.6 Å². The number of rotatable bonds is 2. The van der Waals surface area contributed by atoms with E-state index in [4.69, 9.17) is 5.26 Å². The summed E-state index contributed by atoms with van der Waals surface area (Å²) in [4.78, 5) is 3.88. The lowest BCUT2D eigenvalue weighted by atomic mass is 10.1. The third-order valence-corrected chi connectivity index (χ3v) is 2.56. The molecule has 1 aromatic rings. The SMILES string of the molecule is Cc1c(CC#N)ncc(I)c1OC(F)(F)F. The first-order chi connectivity index (χ1) is 7.35. The highest BCUT2D eigenvalue weighted by molar-refractivity contribution is 14.1. The number of pyridine rings is 1. The predicted octanol–water partition coefficient (Wildman–Crippen LogP) is 2.96. The Bertz CT molecular complexity index is 440. The van der Waals surface area contributed by atoms with Crippen LogP contribution >= 0.6 is 22.6 Å². The maximum absolute atomic E-state index is 12.1. The molecule has 0 radical (unpaired) electrons. The Labute approximate surface area is 103 Å². The van der Waals surface area contributed by atoms with Crippen LogP contribution < -0.4 is 4.74 Å². The molecule has 0 saturated heterocycles. The van der Waals surface area contributed by atoms with Crippen molar-refractivity contribution < 1.29 is 17.9 Å². The molecule has 1 aromatic heterocycles. The first-order valence-electron chi connectivity index (χ1n) is 4.12. The van der Waals surface area contributed by atoms with Crippen LogP contribution in [0.4, 0.5) is 13.2 Å². The Balaban J connectivity index is 3.17. The zero-order valence-electron chi connectivity index (χ0n) is 8.10. The first kappa shape index (κ1) is 13.0. The van der Waals surface area contributed by atoms with E-state index < -0.39 is 6.36 Å². The number of nitriles is 1. The van der Waals surface area contributed by atoms with Crippen LogP contribution in [0.25, 0.3) is 0 Å². The van der Waals surface area contributed by atoms with Crippen molar-refractivity contribution in [3.05, 3.63) is 21.0 Å². The quantitative estimate of drug-likeness (QED) is 0.777. The standard InChI is InChI=1S/C9H6F3IN2O/c1-5-7(2-3-14)15-4-6(13)8(5)16-9(10,11)12/h4H,2H2,1H3. The van der Waals surface area contributed by atoms with Crippen LogP contribution in [0, 0.1) is 21.8 Å². The summed E-state index contributed by atoms with van der Waals surface area (Å²) in [5.41, 5.74) is 0.535. The average Bonchev–Trinajstić information content (AvgIpc) is 2.16. The van der Waals surface area contributed by atoms with Gasteiger partial charge >= 0.3 is 6.36 Å². The van der Waals surface area contributed by atoms with Crippen molar-refractivity contribution >= 4 is 22.6 Å². The molecular formula is C9H6F3IN2O.